The van der Waals surface area contributed by atoms with Crippen molar-refractivity contribution in [2.75, 3.05) is 31.5 Å². The van der Waals surface area contributed by atoms with Crippen molar-refractivity contribution in [3.63, 3.8) is 0 Å². The molecule has 1 fully saturated rings. The van der Waals surface area contributed by atoms with Gasteiger partial charge in [0.15, 0.2) is 0 Å². The van der Waals surface area contributed by atoms with Gasteiger partial charge in [-0.1, -0.05) is 36.4 Å². The van der Waals surface area contributed by atoms with Crippen LogP contribution in [0, 0.1) is 5.82 Å². The van der Waals surface area contributed by atoms with Crippen LogP contribution in [0.4, 0.5) is 15.8 Å². The van der Waals surface area contributed by atoms with Crippen LogP contribution < -0.4 is 5.32 Å². The number of para-hydroxylation sites is 2. The molecular weight excluding hydrogens is 417 g/mol. The predicted molar refractivity (Wildman–Crippen MR) is 117 cm³/mol. The van der Waals surface area contributed by atoms with Crippen molar-refractivity contribution in [3.05, 3.63) is 90.2 Å². The highest BCUT2D eigenvalue weighted by molar-refractivity contribution is 7.89. The Morgan fingerprint density at radius 1 is 0.839 bits per heavy atom. The van der Waals surface area contributed by atoms with E-state index >= 15 is 0 Å². The van der Waals surface area contributed by atoms with Gasteiger partial charge in [0, 0.05) is 31.9 Å². The van der Waals surface area contributed by atoms with Crippen LogP contribution >= 0.6 is 0 Å². The zero-order chi connectivity index (χ0) is 21.8. The second-order valence-electron chi connectivity index (χ2n) is 7.19. The van der Waals surface area contributed by atoms with Gasteiger partial charge in [0.2, 0.25) is 10.0 Å². The number of nitrogens with zero attached hydrogens (tertiary/aromatic N) is 2. The largest absolute Gasteiger partial charge is 0.355 e. The summed E-state index contributed by atoms with van der Waals surface area (Å²) in [4.78, 5) is 14.7. The van der Waals surface area contributed by atoms with Gasteiger partial charge < -0.3 is 10.2 Å². The first-order valence-electron chi connectivity index (χ1n) is 9.91. The average molecular weight is 440 g/mol. The van der Waals surface area contributed by atoms with Crippen molar-refractivity contribution in [2.24, 2.45) is 0 Å². The molecule has 160 valence electrons. The summed E-state index contributed by atoms with van der Waals surface area (Å²) in [5, 5.41) is 3.26. The van der Waals surface area contributed by atoms with Gasteiger partial charge in [-0.15, -0.1) is 0 Å². The van der Waals surface area contributed by atoms with Crippen molar-refractivity contribution >= 4 is 27.3 Å². The number of benzene rings is 3. The minimum absolute atomic E-state index is 0.0790. The number of anilines is 2. The molecule has 0 atom stereocenters. The molecule has 8 heteroatoms. The van der Waals surface area contributed by atoms with Gasteiger partial charge in [0.05, 0.1) is 16.1 Å². The van der Waals surface area contributed by atoms with Crippen LogP contribution in [0.1, 0.15) is 10.4 Å². The molecule has 1 heterocycles. The lowest BCUT2D eigenvalue weighted by atomic mass is 10.1. The molecule has 0 unspecified atom stereocenters. The zero-order valence-electron chi connectivity index (χ0n) is 16.7. The minimum Gasteiger partial charge on any atom is -0.355 e. The molecule has 0 bridgehead atoms. The van der Waals surface area contributed by atoms with Crippen LogP contribution in [0.25, 0.3) is 0 Å². The van der Waals surface area contributed by atoms with Crippen LogP contribution in [-0.4, -0.2) is 49.7 Å². The molecule has 4 rings (SSSR count). The van der Waals surface area contributed by atoms with Crippen LogP contribution in [0.15, 0.2) is 83.8 Å². The van der Waals surface area contributed by atoms with E-state index in [1.165, 1.54) is 22.5 Å². The number of hydrogen-bond acceptors (Lipinski definition) is 4. The summed E-state index contributed by atoms with van der Waals surface area (Å²) in [5.74, 6) is -0.765. The summed E-state index contributed by atoms with van der Waals surface area (Å²) in [5.41, 5.74) is 2.08. The van der Waals surface area contributed by atoms with E-state index in [4.69, 9.17) is 0 Å². The molecule has 1 aliphatic rings. The van der Waals surface area contributed by atoms with Crippen LogP contribution in [0.5, 0.6) is 0 Å². The monoisotopic (exact) mass is 439 g/mol. The smallest absolute Gasteiger partial charge is 0.256 e. The molecule has 0 spiro atoms. The highest BCUT2D eigenvalue weighted by atomic mass is 32.2. The summed E-state index contributed by atoms with van der Waals surface area (Å²) >= 11 is 0. The Hall–Kier alpha value is -3.23. The standard InChI is InChI=1S/C23H22FN3O3S/c24-18-7-6-10-20(17-18)31(29,30)27-15-13-26(14-16-27)23(28)21-11-4-5-12-22(21)25-19-8-2-1-3-9-19/h1-12,17,25H,13-16H2. The van der Waals surface area contributed by atoms with Gasteiger partial charge in [-0.2, -0.15) is 4.31 Å². The molecule has 1 amide bonds. The molecule has 3 aromatic rings. The van der Waals surface area contributed by atoms with Crippen molar-refractivity contribution in [3.8, 4) is 0 Å². The molecule has 1 saturated heterocycles. The molecule has 31 heavy (non-hydrogen) atoms. The van der Waals surface area contributed by atoms with Gasteiger partial charge in [-0.25, -0.2) is 12.8 Å². The number of amides is 1. The number of hydrogen-bond donors (Lipinski definition) is 1. The van der Waals surface area contributed by atoms with E-state index in [2.05, 4.69) is 5.32 Å². The van der Waals surface area contributed by atoms with Gasteiger partial charge >= 0.3 is 0 Å². The number of sulfonamides is 1. The molecule has 1 aliphatic heterocycles. The summed E-state index contributed by atoms with van der Waals surface area (Å²) in [7, 11) is -3.80. The summed E-state index contributed by atoms with van der Waals surface area (Å²) in [6, 6.07) is 21.8. The summed E-state index contributed by atoms with van der Waals surface area (Å²) < 4.78 is 40.3. The van der Waals surface area contributed by atoms with Crippen LogP contribution in [0.2, 0.25) is 0 Å². The maximum atomic E-state index is 13.5. The maximum absolute atomic E-state index is 13.5. The zero-order valence-corrected chi connectivity index (χ0v) is 17.6. The number of piperazine rings is 1. The molecular formula is C23H22FN3O3S. The lowest BCUT2D eigenvalue weighted by Crippen LogP contribution is -2.50. The van der Waals surface area contributed by atoms with Crippen molar-refractivity contribution in [2.45, 2.75) is 4.90 Å². The fraction of sp³-hybridized carbons (Fsp3) is 0.174. The topological polar surface area (TPSA) is 69.7 Å². The van der Waals surface area contributed by atoms with Crippen molar-refractivity contribution in [1.82, 2.24) is 9.21 Å². The van der Waals surface area contributed by atoms with E-state index in [1.54, 1.807) is 17.0 Å². The normalized spacial score (nSPS) is 14.9. The minimum atomic E-state index is -3.80. The number of carbonyl (C=O) groups excluding carboxylic acids is 1. The Bertz CT molecular complexity index is 1180. The average Bonchev–Trinajstić information content (AvgIpc) is 2.80. The highest BCUT2D eigenvalue weighted by Crippen LogP contribution is 2.24. The second-order valence-corrected chi connectivity index (χ2v) is 9.13. The quantitative estimate of drug-likeness (QED) is 0.658. The Balaban J connectivity index is 1.47. The lowest BCUT2D eigenvalue weighted by molar-refractivity contribution is 0.0699. The third-order valence-corrected chi connectivity index (χ3v) is 7.06. The first kappa shape index (κ1) is 21.0. The molecule has 0 aliphatic carbocycles. The molecule has 6 nitrogen and oxygen atoms in total. The maximum Gasteiger partial charge on any atom is 0.256 e. The van der Waals surface area contributed by atoms with Gasteiger partial charge in [-0.3, -0.25) is 4.79 Å². The van der Waals surface area contributed by atoms with Gasteiger partial charge in [-0.05, 0) is 42.5 Å². The fourth-order valence-electron chi connectivity index (χ4n) is 3.53. The van der Waals surface area contributed by atoms with E-state index in [0.717, 1.165) is 11.8 Å². The Labute approximate surface area is 181 Å². The lowest BCUT2D eigenvalue weighted by Gasteiger charge is -2.34. The van der Waals surface area contributed by atoms with E-state index in [1.807, 2.05) is 42.5 Å². The summed E-state index contributed by atoms with van der Waals surface area (Å²) in [6.45, 7) is 0.817. The molecule has 0 saturated carbocycles. The Morgan fingerprint density at radius 2 is 1.52 bits per heavy atom. The molecule has 0 aromatic heterocycles. The SMILES string of the molecule is O=C(c1ccccc1Nc1ccccc1)N1CCN(S(=O)(=O)c2cccc(F)c2)CC1. The van der Waals surface area contributed by atoms with E-state index in [-0.39, 0.29) is 37.0 Å². The van der Waals surface area contributed by atoms with Crippen molar-refractivity contribution < 1.29 is 17.6 Å². The number of rotatable bonds is 5. The van der Waals surface area contributed by atoms with E-state index in [9.17, 15) is 17.6 Å². The third-order valence-electron chi connectivity index (χ3n) is 5.17. The Morgan fingerprint density at radius 3 is 2.23 bits per heavy atom. The van der Waals surface area contributed by atoms with Crippen LogP contribution in [0.3, 0.4) is 0 Å². The Kier molecular flexibility index (Phi) is 6.01. The summed E-state index contributed by atoms with van der Waals surface area (Å²) in [6.07, 6.45) is 0. The number of nitrogens with one attached hydrogen (secondary N) is 1. The third kappa shape index (κ3) is 4.60. The number of carbonyl (C=O) groups is 1. The first-order chi connectivity index (χ1) is 14.9. The van der Waals surface area contributed by atoms with Gasteiger partial charge in [0.25, 0.3) is 5.91 Å². The van der Waals surface area contributed by atoms with Gasteiger partial charge in [0.1, 0.15) is 5.82 Å². The highest BCUT2D eigenvalue weighted by Gasteiger charge is 2.31. The van der Waals surface area contributed by atoms with E-state index < -0.39 is 15.8 Å². The number of halogens is 1. The predicted octanol–water partition coefficient (Wildman–Crippen LogP) is 3.72. The molecule has 3 aromatic carbocycles. The molecule has 0 radical (unpaired) electrons. The fourth-order valence-corrected chi connectivity index (χ4v) is 4.99. The second kappa shape index (κ2) is 8.87. The van der Waals surface area contributed by atoms with Crippen molar-refractivity contribution in [1.29, 1.82) is 0 Å². The first-order valence-corrected chi connectivity index (χ1v) is 11.4. The van der Waals surface area contributed by atoms with E-state index in [0.29, 0.717) is 11.3 Å². The van der Waals surface area contributed by atoms with Crippen LogP contribution in [-0.2, 0) is 10.0 Å². The molecule has 1 N–H and O–H groups in total.